The summed E-state index contributed by atoms with van der Waals surface area (Å²) in [5, 5.41) is 8.36. The molecule has 0 atom stereocenters. The Hall–Kier alpha value is -3.51. The number of carbonyl (C=O) groups is 1. The molecule has 36 heavy (non-hydrogen) atoms. The Bertz CT molecular complexity index is 1310. The van der Waals surface area contributed by atoms with Crippen LogP contribution in [0, 0.1) is 18.7 Å². The number of hydrogen-bond acceptors (Lipinski definition) is 4. The molecule has 1 N–H and O–H groups in total. The molecule has 0 radical (unpaired) electrons. The lowest BCUT2D eigenvalue weighted by molar-refractivity contribution is 0.0951. The average molecular weight is 486 g/mol. The van der Waals surface area contributed by atoms with E-state index in [1.165, 1.54) is 42.7 Å². The number of nitrogens with zero attached hydrogens (tertiary/aromatic N) is 2. The van der Waals surface area contributed by atoms with Crippen LogP contribution < -0.4 is 5.32 Å². The van der Waals surface area contributed by atoms with Crippen molar-refractivity contribution < 1.29 is 13.7 Å². The van der Waals surface area contributed by atoms with Gasteiger partial charge in [-0.1, -0.05) is 41.6 Å². The van der Waals surface area contributed by atoms with E-state index in [1.807, 2.05) is 13.0 Å². The maximum atomic E-state index is 13.1. The van der Waals surface area contributed by atoms with E-state index < -0.39 is 0 Å². The van der Waals surface area contributed by atoms with Crippen LogP contribution in [0.4, 0.5) is 4.39 Å². The van der Waals surface area contributed by atoms with Crippen molar-refractivity contribution in [3.05, 3.63) is 100 Å². The number of piperidine rings is 1. The molecule has 5 nitrogen and oxygen atoms in total. The second-order valence-electron chi connectivity index (χ2n) is 9.79. The van der Waals surface area contributed by atoms with E-state index in [2.05, 4.69) is 51.8 Å². The van der Waals surface area contributed by atoms with Crippen LogP contribution in [-0.2, 0) is 19.5 Å². The zero-order valence-electron chi connectivity index (χ0n) is 20.7. The molecule has 3 aromatic carbocycles. The van der Waals surface area contributed by atoms with E-state index in [4.69, 9.17) is 4.52 Å². The maximum Gasteiger partial charge on any atom is 0.251 e. The molecular formula is C30H32FN3O2. The maximum absolute atomic E-state index is 13.1. The second-order valence-corrected chi connectivity index (χ2v) is 9.79. The third-order valence-corrected chi connectivity index (χ3v) is 7.37. The van der Waals surface area contributed by atoms with Gasteiger partial charge in [0.25, 0.3) is 5.91 Å². The Kier molecular flexibility index (Phi) is 7.42. The monoisotopic (exact) mass is 485 g/mol. The van der Waals surface area contributed by atoms with Crippen LogP contribution in [0.15, 0.2) is 71.3 Å². The number of rotatable bonds is 8. The lowest BCUT2D eigenvalue weighted by Gasteiger charge is -2.31. The summed E-state index contributed by atoms with van der Waals surface area (Å²) in [6.07, 6.45) is 4.48. The van der Waals surface area contributed by atoms with Gasteiger partial charge in [0.2, 0.25) is 0 Å². The number of carbonyl (C=O) groups excluding carboxylic acids is 1. The second kappa shape index (κ2) is 11.0. The number of aryl methyl sites for hydroxylation is 2. The van der Waals surface area contributed by atoms with Gasteiger partial charge in [0.15, 0.2) is 5.58 Å². The first-order valence-electron chi connectivity index (χ1n) is 12.7. The van der Waals surface area contributed by atoms with Crippen LogP contribution in [0.5, 0.6) is 0 Å². The van der Waals surface area contributed by atoms with Gasteiger partial charge in [-0.2, -0.15) is 0 Å². The van der Waals surface area contributed by atoms with Crippen molar-refractivity contribution in [2.24, 2.45) is 5.92 Å². The van der Waals surface area contributed by atoms with Gasteiger partial charge in [-0.25, -0.2) is 4.39 Å². The third-order valence-electron chi connectivity index (χ3n) is 7.37. The lowest BCUT2D eigenvalue weighted by Crippen LogP contribution is -2.33. The summed E-state index contributed by atoms with van der Waals surface area (Å²) in [7, 11) is 0. The standard InChI is InChI=1S/C30H32FN3O2/c1-21-25(19-32-30(35)24-8-11-26(31)12-9-24)10-13-27-28(33-36-29(21)27)14-7-22-15-17-34(18-16-22)20-23-5-3-2-4-6-23/h2-6,8-13,22H,7,14-20H2,1H3,(H,32,35). The van der Waals surface area contributed by atoms with Crippen LogP contribution >= 0.6 is 0 Å². The third kappa shape index (κ3) is 5.65. The number of aromatic nitrogens is 1. The molecule has 1 fully saturated rings. The Balaban J connectivity index is 1.14. The fourth-order valence-electron chi connectivity index (χ4n) is 5.09. The number of fused-ring (bicyclic) bond motifs is 1. The summed E-state index contributed by atoms with van der Waals surface area (Å²) in [5.74, 6) is 0.121. The van der Waals surface area contributed by atoms with E-state index >= 15 is 0 Å². The van der Waals surface area contributed by atoms with Crippen molar-refractivity contribution in [2.75, 3.05) is 13.1 Å². The van der Waals surface area contributed by atoms with Gasteiger partial charge in [0, 0.05) is 29.6 Å². The molecule has 5 rings (SSSR count). The van der Waals surface area contributed by atoms with Crippen molar-refractivity contribution in [1.82, 2.24) is 15.4 Å². The zero-order valence-corrected chi connectivity index (χ0v) is 20.7. The van der Waals surface area contributed by atoms with E-state index in [0.29, 0.717) is 18.0 Å². The van der Waals surface area contributed by atoms with Gasteiger partial charge in [-0.15, -0.1) is 0 Å². The number of benzene rings is 3. The highest BCUT2D eigenvalue weighted by atomic mass is 19.1. The van der Waals surface area contributed by atoms with Crippen LogP contribution in [0.3, 0.4) is 0 Å². The van der Waals surface area contributed by atoms with Crippen molar-refractivity contribution in [3.63, 3.8) is 0 Å². The van der Waals surface area contributed by atoms with Gasteiger partial charge in [0.1, 0.15) is 5.82 Å². The van der Waals surface area contributed by atoms with Gasteiger partial charge in [0.05, 0.1) is 5.69 Å². The number of amides is 1. The highest BCUT2D eigenvalue weighted by Crippen LogP contribution is 2.28. The summed E-state index contributed by atoms with van der Waals surface area (Å²) >= 11 is 0. The van der Waals surface area contributed by atoms with Gasteiger partial charge in [-0.05, 0) is 93.1 Å². The minimum absolute atomic E-state index is 0.234. The number of nitrogens with one attached hydrogen (secondary N) is 1. The van der Waals surface area contributed by atoms with Crippen LogP contribution in [0.1, 0.15) is 52.0 Å². The Morgan fingerprint density at radius 3 is 2.56 bits per heavy atom. The van der Waals surface area contributed by atoms with Crippen molar-refractivity contribution >= 4 is 16.9 Å². The van der Waals surface area contributed by atoms with E-state index in [-0.39, 0.29) is 11.7 Å². The van der Waals surface area contributed by atoms with Gasteiger partial charge < -0.3 is 9.84 Å². The molecule has 0 aliphatic carbocycles. The molecule has 0 bridgehead atoms. The molecule has 1 aliphatic rings. The molecule has 4 aromatic rings. The highest BCUT2D eigenvalue weighted by molar-refractivity contribution is 5.94. The molecule has 6 heteroatoms. The Morgan fingerprint density at radius 1 is 1.06 bits per heavy atom. The molecular weight excluding hydrogens is 453 g/mol. The first-order valence-corrected chi connectivity index (χ1v) is 12.7. The summed E-state index contributed by atoms with van der Waals surface area (Å²) in [4.78, 5) is 14.9. The topological polar surface area (TPSA) is 58.4 Å². The molecule has 2 heterocycles. The number of halogens is 1. The molecule has 0 saturated carbocycles. The van der Waals surface area contributed by atoms with Crippen molar-refractivity contribution in [1.29, 1.82) is 0 Å². The van der Waals surface area contributed by atoms with E-state index in [9.17, 15) is 9.18 Å². The largest absolute Gasteiger partial charge is 0.356 e. The molecule has 1 aliphatic heterocycles. The van der Waals surface area contributed by atoms with Crippen LogP contribution in [0.2, 0.25) is 0 Å². The fourth-order valence-corrected chi connectivity index (χ4v) is 5.09. The Morgan fingerprint density at radius 2 is 1.81 bits per heavy atom. The fraction of sp³-hybridized carbons (Fsp3) is 0.333. The smallest absolute Gasteiger partial charge is 0.251 e. The van der Waals surface area contributed by atoms with Crippen molar-refractivity contribution in [2.45, 2.75) is 45.7 Å². The first kappa shape index (κ1) is 24.2. The predicted octanol–water partition coefficient (Wildman–Crippen LogP) is 6.05. The summed E-state index contributed by atoms with van der Waals surface area (Å²) < 4.78 is 18.8. The number of likely N-dealkylation sites (tertiary alicyclic amines) is 1. The minimum Gasteiger partial charge on any atom is -0.356 e. The normalized spacial score (nSPS) is 14.8. The van der Waals surface area contributed by atoms with Gasteiger partial charge >= 0.3 is 0 Å². The Labute approximate surface area is 211 Å². The SMILES string of the molecule is Cc1c(CNC(=O)c2ccc(F)cc2)ccc2c(CCC3CCN(Cc4ccccc4)CC3)noc12. The predicted molar refractivity (Wildman–Crippen MR) is 139 cm³/mol. The quantitative estimate of drug-likeness (QED) is 0.330. The van der Waals surface area contributed by atoms with Crippen LogP contribution in [-0.4, -0.2) is 29.1 Å². The minimum atomic E-state index is -0.359. The first-order chi connectivity index (χ1) is 17.6. The molecule has 186 valence electrons. The molecule has 0 spiro atoms. The van der Waals surface area contributed by atoms with Crippen LogP contribution in [0.25, 0.3) is 11.0 Å². The molecule has 1 aromatic heterocycles. The number of hydrogen-bond donors (Lipinski definition) is 1. The highest BCUT2D eigenvalue weighted by Gasteiger charge is 2.21. The summed E-state index contributed by atoms with van der Waals surface area (Å²) in [6.45, 7) is 5.69. The van der Waals surface area contributed by atoms with Gasteiger partial charge in [-0.3, -0.25) is 9.69 Å². The zero-order chi connectivity index (χ0) is 24.9. The van der Waals surface area contributed by atoms with Crippen molar-refractivity contribution in [3.8, 4) is 0 Å². The molecule has 1 saturated heterocycles. The lowest BCUT2D eigenvalue weighted by atomic mass is 9.90. The van der Waals surface area contributed by atoms with E-state index in [0.717, 1.165) is 60.3 Å². The summed E-state index contributed by atoms with van der Waals surface area (Å²) in [6, 6.07) is 20.3. The summed E-state index contributed by atoms with van der Waals surface area (Å²) in [5.41, 5.74) is 5.59. The molecule has 0 unspecified atom stereocenters. The van der Waals surface area contributed by atoms with E-state index in [1.54, 1.807) is 0 Å². The molecule has 1 amide bonds. The average Bonchev–Trinajstić information content (AvgIpc) is 3.32.